The van der Waals surface area contributed by atoms with Crippen molar-refractivity contribution < 1.29 is 8.78 Å². The van der Waals surface area contributed by atoms with E-state index in [1.807, 2.05) is 0 Å². The number of aromatic amines is 2. The maximum absolute atomic E-state index is 12.7. The number of hydrogen-bond acceptors (Lipinski definition) is 5. The fourth-order valence-corrected chi connectivity index (χ4v) is 2.33. The van der Waals surface area contributed by atoms with Gasteiger partial charge in [-0.25, -0.2) is 28.7 Å². The largest absolute Gasteiger partial charge is 0.343 e. The van der Waals surface area contributed by atoms with Gasteiger partial charge < -0.3 is 4.98 Å². The standard InChI is InChI=1S/C12H7ClF2N8/c13-5-1-17-12-19-7(10-20-11(9(14)15)22-21-10)8(23(12)3-5)6-2-16-4-18-6/h1-4,9H,(H,16,18)(H,20,21,22). The third kappa shape index (κ3) is 2.23. The lowest BCUT2D eigenvalue weighted by molar-refractivity contribution is 0.141. The van der Waals surface area contributed by atoms with E-state index in [0.29, 0.717) is 22.2 Å². The Hall–Kier alpha value is -2.88. The Labute approximate surface area is 131 Å². The van der Waals surface area contributed by atoms with E-state index in [4.69, 9.17) is 11.6 Å². The van der Waals surface area contributed by atoms with Crippen LogP contribution in [0.5, 0.6) is 0 Å². The molecular formula is C12H7ClF2N8. The zero-order valence-corrected chi connectivity index (χ0v) is 12.0. The van der Waals surface area contributed by atoms with E-state index < -0.39 is 12.2 Å². The van der Waals surface area contributed by atoms with Gasteiger partial charge in [0.2, 0.25) is 11.6 Å². The number of imidazole rings is 2. The highest BCUT2D eigenvalue weighted by molar-refractivity contribution is 6.30. The third-order valence-electron chi connectivity index (χ3n) is 3.12. The summed E-state index contributed by atoms with van der Waals surface area (Å²) >= 11 is 5.98. The monoisotopic (exact) mass is 336 g/mol. The number of aromatic nitrogens is 8. The van der Waals surface area contributed by atoms with Gasteiger partial charge >= 0.3 is 0 Å². The molecule has 0 bridgehead atoms. The van der Waals surface area contributed by atoms with E-state index in [-0.39, 0.29) is 11.5 Å². The molecule has 0 aliphatic heterocycles. The minimum atomic E-state index is -2.75. The van der Waals surface area contributed by atoms with E-state index in [0.717, 1.165) is 0 Å². The molecule has 4 heterocycles. The second-order valence-corrected chi connectivity index (χ2v) is 5.00. The average Bonchev–Trinajstić information content (AvgIpc) is 3.25. The summed E-state index contributed by atoms with van der Waals surface area (Å²) in [6, 6.07) is 0. The fourth-order valence-electron chi connectivity index (χ4n) is 2.19. The molecular weight excluding hydrogens is 330 g/mol. The molecule has 4 aromatic rings. The van der Waals surface area contributed by atoms with Gasteiger partial charge in [-0.1, -0.05) is 11.6 Å². The summed E-state index contributed by atoms with van der Waals surface area (Å²) in [6.07, 6.45) is 3.34. The quantitative estimate of drug-likeness (QED) is 0.598. The molecule has 0 aliphatic rings. The average molecular weight is 337 g/mol. The highest BCUT2D eigenvalue weighted by atomic mass is 35.5. The summed E-state index contributed by atoms with van der Waals surface area (Å²) in [7, 11) is 0. The third-order valence-corrected chi connectivity index (χ3v) is 3.32. The van der Waals surface area contributed by atoms with Crippen LogP contribution < -0.4 is 0 Å². The maximum Gasteiger partial charge on any atom is 0.296 e. The van der Waals surface area contributed by atoms with Crippen LogP contribution in [0.25, 0.3) is 28.7 Å². The van der Waals surface area contributed by atoms with Gasteiger partial charge in [0, 0.05) is 6.20 Å². The van der Waals surface area contributed by atoms with Gasteiger partial charge in [0.25, 0.3) is 6.43 Å². The summed E-state index contributed by atoms with van der Waals surface area (Å²) < 4.78 is 27.1. The molecule has 0 amide bonds. The first-order chi connectivity index (χ1) is 11.1. The van der Waals surface area contributed by atoms with E-state index in [2.05, 4.69) is 35.1 Å². The molecule has 0 radical (unpaired) electrons. The van der Waals surface area contributed by atoms with Crippen LogP contribution in [0.4, 0.5) is 8.78 Å². The van der Waals surface area contributed by atoms with Gasteiger partial charge in [0.15, 0.2) is 5.82 Å². The molecule has 0 atom stereocenters. The zero-order valence-electron chi connectivity index (χ0n) is 11.2. The van der Waals surface area contributed by atoms with Crippen molar-refractivity contribution in [2.75, 3.05) is 0 Å². The molecule has 0 saturated heterocycles. The lowest BCUT2D eigenvalue weighted by atomic mass is 10.2. The van der Waals surface area contributed by atoms with Crippen LogP contribution in [0.3, 0.4) is 0 Å². The summed E-state index contributed by atoms with van der Waals surface area (Å²) in [5.41, 5.74) is 1.40. The first-order valence-electron chi connectivity index (χ1n) is 6.36. The summed E-state index contributed by atoms with van der Waals surface area (Å²) in [5.74, 6) is -0.164. The number of H-pyrrole nitrogens is 2. The molecule has 11 heteroatoms. The molecule has 2 N–H and O–H groups in total. The maximum atomic E-state index is 12.7. The molecule has 8 nitrogen and oxygen atoms in total. The van der Waals surface area contributed by atoms with Gasteiger partial charge in [-0.2, -0.15) is 5.10 Å². The number of fused-ring (bicyclic) bond motifs is 1. The minimum Gasteiger partial charge on any atom is -0.343 e. The van der Waals surface area contributed by atoms with Crippen molar-refractivity contribution in [3.05, 3.63) is 35.8 Å². The van der Waals surface area contributed by atoms with Gasteiger partial charge in [-0.3, -0.25) is 9.50 Å². The van der Waals surface area contributed by atoms with Gasteiger partial charge in [0.1, 0.15) is 11.4 Å². The van der Waals surface area contributed by atoms with Crippen molar-refractivity contribution in [3.63, 3.8) is 0 Å². The normalized spacial score (nSPS) is 11.7. The Morgan fingerprint density at radius 2 is 2.09 bits per heavy atom. The minimum absolute atomic E-state index is 0.0338. The number of rotatable bonds is 3. The van der Waals surface area contributed by atoms with Crippen LogP contribution in [-0.4, -0.2) is 39.5 Å². The summed E-state index contributed by atoms with van der Waals surface area (Å²) in [6.45, 7) is 0. The van der Waals surface area contributed by atoms with E-state index in [1.54, 1.807) is 16.8 Å². The number of halogens is 3. The second-order valence-electron chi connectivity index (χ2n) is 4.56. The molecule has 4 aromatic heterocycles. The lowest BCUT2D eigenvalue weighted by Gasteiger charge is -2.00. The molecule has 0 spiro atoms. The Bertz CT molecular complexity index is 974. The number of alkyl halides is 2. The Kier molecular flexibility index (Phi) is 3.05. The molecule has 116 valence electrons. The topological polar surface area (TPSA) is 100 Å². The van der Waals surface area contributed by atoms with Crippen molar-refractivity contribution in [1.29, 1.82) is 0 Å². The number of nitrogens with one attached hydrogen (secondary N) is 2. The van der Waals surface area contributed by atoms with Crippen molar-refractivity contribution in [2.45, 2.75) is 6.43 Å². The Morgan fingerprint density at radius 3 is 2.78 bits per heavy atom. The summed E-state index contributed by atoms with van der Waals surface area (Å²) in [4.78, 5) is 19.1. The Morgan fingerprint density at radius 1 is 1.22 bits per heavy atom. The Balaban J connectivity index is 2.00. The van der Waals surface area contributed by atoms with E-state index in [1.165, 1.54) is 12.5 Å². The van der Waals surface area contributed by atoms with Gasteiger partial charge in [-0.15, -0.1) is 0 Å². The zero-order chi connectivity index (χ0) is 16.0. The lowest BCUT2D eigenvalue weighted by Crippen LogP contribution is -1.92. The molecule has 23 heavy (non-hydrogen) atoms. The van der Waals surface area contributed by atoms with E-state index in [9.17, 15) is 8.78 Å². The van der Waals surface area contributed by atoms with Crippen molar-refractivity contribution in [3.8, 4) is 22.9 Å². The predicted octanol–water partition coefficient (Wildman–Crippen LogP) is 2.50. The number of hydrogen-bond donors (Lipinski definition) is 2. The smallest absolute Gasteiger partial charge is 0.296 e. The predicted molar refractivity (Wildman–Crippen MR) is 75.9 cm³/mol. The van der Waals surface area contributed by atoms with Gasteiger partial charge in [-0.05, 0) is 0 Å². The number of nitrogens with zero attached hydrogens (tertiary/aromatic N) is 6. The highest BCUT2D eigenvalue weighted by Crippen LogP contribution is 2.30. The molecule has 4 rings (SSSR count). The van der Waals surface area contributed by atoms with Crippen molar-refractivity contribution in [2.24, 2.45) is 0 Å². The van der Waals surface area contributed by atoms with Crippen LogP contribution >= 0.6 is 11.6 Å². The van der Waals surface area contributed by atoms with Gasteiger partial charge in [0.05, 0.1) is 29.4 Å². The van der Waals surface area contributed by atoms with Crippen LogP contribution in [0.1, 0.15) is 12.2 Å². The van der Waals surface area contributed by atoms with Crippen LogP contribution in [-0.2, 0) is 0 Å². The molecule has 0 unspecified atom stereocenters. The molecule has 0 fully saturated rings. The second kappa shape index (κ2) is 5.09. The van der Waals surface area contributed by atoms with Crippen LogP contribution in [0, 0.1) is 0 Å². The highest BCUT2D eigenvalue weighted by Gasteiger charge is 2.23. The van der Waals surface area contributed by atoms with Crippen LogP contribution in [0.15, 0.2) is 24.9 Å². The SMILES string of the molecule is FC(F)c1nc(-c2nc3ncc(Cl)cn3c2-c2cnc[nH]2)n[nH]1. The molecule has 0 aromatic carbocycles. The summed E-state index contributed by atoms with van der Waals surface area (Å²) in [5, 5.41) is 6.40. The molecule has 0 saturated carbocycles. The first kappa shape index (κ1) is 13.8. The fraction of sp³-hybridized carbons (Fsp3) is 0.0833. The van der Waals surface area contributed by atoms with Crippen molar-refractivity contribution in [1.82, 2.24) is 39.5 Å². The molecule has 0 aliphatic carbocycles. The van der Waals surface area contributed by atoms with Crippen LogP contribution in [0.2, 0.25) is 5.02 Å². The first-order valence-corrected chi connectivity index (χ1v) is 6.74. The van der Waals surface area contributed by atoms with E-state index >= 15 is 0 Å². The van der Waals surface area contributed by atoms with Crippen molar-refractivity contribution >= 4 is 17.4 Å².